The van der Waals surface area contributed by atoms with Crippen molar-refractivity contribution >= 4 is 6.98 Å². The van der Waals surface area contributed by atoms with Gasteiger partial charge in [0, 0.05) is 0 Å². The van der Waals surface area contributed by atoms with E-state index in [0.29, 0.717) is 0 Å². The summed E-state index contributed by atoms with van der Waals surface area (Å²) in [6.07, 6.45) is 0.163. The molecule has 0 aromatic carbocycles. The highest BCUT2D eigenvalue weighted by atomic mass is 19.4. The monoisotopic (exact) mass is 139 g/mol. The summed E-state index contributed by atoms with van der Waals surface area (Å²) in [6.45, 7) is -0.644. The first-order valence-corrected chi connectivity index (χ1v) is 3.00. The molecule has 0 aliphatic carbocycles. The Bertz CT molecular complexity index is 94.9. The molecule has 0 spiro atoms. The molecule has 0 bridgehead atoms. The van der Waals surface area contributed by atoms with Gasteiger partial charge < -0.3 is 12.9 Å². The predicted molar refractivity (Wildman–Crippen MR) is 33.4 cm³/mol. The highest BCUT2D eigenvalue weighted by Crippen LogP contribution is 2.42. The third-order valence-corrected chi connectivity index (χ3v) is 1.80. The Hall–Kier alpha value is -0.145. The molecule has 0 saturated heterocycles. The summed E-state index contributed by atoms with van der Waals surface area (Å²) in [7, 11) is 0. The highest BCUT2D eigenvalue weighted by molar-refractivity contribution is 6.61. The maximum atomic E-state index is 11.9. The van der Waals surface area contributed by atoms with Crippen molar-refractivity contribution in [2.75, 3.05) is 0 Å². The quantitative estimate of drug-likeness (QED) is 0.515. The fourth-order valence-electron chi connectivity index (χ4n) is 0.231. The maximum absolute atomic E-state index is 11.9. The third kappa shape index (κ3) is 1.92. The molecular weight excluding hydrogens is 128 g/mol. The SMILES string of the molecule is CCC(C)(C)[B-](F)(F)F. The van der Waals surface area contributed by atoms with Gasteiger partial charge in [0.1, 0.15) is 0 Å². The molecule has 56 valence electrons. The molecule has 0 N–H and O–H groups in total. The van der Waals surface area contributed by atoms with Crippen molar-refractivity contribution in [2.24, 2.45) is 0 Å². The minimum Gasteiger partial charge on any atom is -0.449 e. The average molecular weight is 139 g/mol. The third-order valence-electron chi connectivity index (χ3n) is 1.80. The molecule has 0 aliphatic rings. The fourth-order valence-corrected chi connectivity index (χ4v) is 0.231. The van der Waals surface area contributed by atoms with Crippen molar-refractivity contribution in [1.82, 2.24) is 0 Å². The Morgan fingerprint density at radius 1 is 1.22 bits per heavy atom. The van der Waals surface area contributed by atoms with Crippen LogP contribution in [0.15, 0.2) is 0 Å². The molecule has 0 nitrogen and oxygen atoms in total. The second kappa shape index (κ2) is 2.23. The van der Waals surface area contributed by atoms with Crippen molar-refractivity contribution in [2.45, 2.75) is 32.5 Å². The Balaban J connectivity index is 4.14. The number of halogens is 3. The molecule has 0 fully saturated rings. The Labute approximate surface area is 53.5 Å². The molecule has 4 heteroatoms. The zero-order valence-electron chi connectivity index (χ0n) is 5.92. The van der Waals surface area contributed by atoms with E-state index >= 15 is 0 Å². The van der Waals surface area contributed by atoms with Crippen molar-refractivity contribution < 1.29 is 12.9 Å². The topological polar surface area (TPSA) is 0 Å². The predicted octanol–water partition coefficient (Wildman–Crippen LogP) is 3.02. The first-order chi connectivity index (χ1) is 3.81. The van der Waals surface area contributed by atoms with Crippen molar-refractivity contribution in [3.63, 3.8) is 0 Å². The van der Waals surface area contributed by atoms with Gasteiger partial charge in [0.25, 0.3) is 0 Å². The van der Waals surface area contributed by atoms with Gasteiger partial charge in [0.2, 0.25) is 0 Å². The van der Waals surface area contributed by atoms with Crippen molar-refractivity contribution in [3.05, 3.63) is 0 Å². The van der Waals surface area contributed by atoms with Crippen molar-refractivity contribution in [1.29, 1.82) is 0 Å². The van der Waals surface area contributed by atoms with Gasteiger partial charge in [-0.2, -0.15) is 0 Å². The number of hydrogen-bond donors (Lipinski definition) is 0. The first kappa shape index (κ1) is 8.85. The van der Waals surface area contributed by atoms with Crippen LogP contribution < -0.4 is 0 Å². The second-order valence-electron chi connectivity index (χ2n) is 2.92. The lowest BCUT2D eigenvalue weighted by Crippen LogP contribution is -2.30. The van der Waals surface area contributed by atoms with Gasteiger partial charge in [-0.25, -0.2) is 0 Å². The van der Waals surface area contributed by atoms with Gasteiger partial charge in [-0.3, -0.25) is 0 Å². The van der Waals surface area contributed by atoms with E-state index in [-0.39, 0.29) is 6.42 Å². The smallest absolute Gasteiger partial charge is 0.449 e. The van der Waals surface area contributed by atoms with Gasteiger partial charge in [-0.15, -0.1) is 0 Å². The van der Waals surface area contributed by atoms with Crippen LogP contribution in [0, 0.1) is 0 Å². The molecular formula is C5H11BF3-. The van der Waals surface area contributed by atoms with Crippen LogP contribution in [-0.2, 0) is 0 Å². The number of rotatable bonds is 2. The lowest BCUT2D eigenvalue weighted by atomic mass is 9.59. The molecule has 0 rings (SSSR count). The zero-order valence-corrected chi connectivity index (χ0v) is 5.92. The molecule has 9 heavy (non-hydrogen) atoms. The Morgan fingerprint density at radius 3 is 1.56 bits per heavy atom. The van der Waals surface area contributed by atoms with Crippen LogP contribution in [0.2, 0.25) is 5.31 Å². The fraction of sp³-hybridized carbons (Fsp3) is 1.00. The average Bonchev–Trinajstić information content (AvgIpc) is 1.64. The maximum Gasteiger partial charge on any atom is 0.483 e. The van der Waals surface area contributed by atoms with Gasteiger partial charge in [-0.1, -0.05) is 32.5 Å². The molecule has 0 heterocycles. The Kier molecular flexibility index (Phi) is 2.20. The molecule has 0 aromatic rings. The molecule has 0 atom stereocenters. The van der Waals surface area contributed by atoms with Gasteiger partial charge in [-0.05, 0) is 0 Å². The van der Waals surface area contributed by atoms with Crippen LogP contribution in [0.4, 0.5) is 12.9 Å². The van der Waals surface area contributed by atoms with E-state index in [9.17, 15) is 12.9 Å². The highest BCUT2D eigenvalue weighted by Gasteiger charge is 2.40. The van der Waals surface area contributed by atoms with Crippen LogP contribution in [-0.4, -0.2) is 6.98 Å². The van der Waals surface area contributed by atoms with Crippen molar-refractivity contribution in [3.8, 4) is 0 Å². The molecule has 0 saturated carbocycles. The lowest BCUT2D eigenvalue weighted by molar-refractivity contribution is 0.376. The van der Waals surface area contributed by atoms with Gasteiger partial charge in [0.15, 0.2) is 0 Å². The van der Waals surface area contributed by atoms with Crippen LogP contribution in [0.1, 0.15) is 27.2 Å². The van der Waals surface area contributed by atoms with Gasteiger partial charge >= 0.3 is 6.98 Å². The summed E-state index contributed by atoms with van der Waals surface area (Å²) in [5.41, 5.74) is 0. The molecule has 0 amide bonds. The summed E-state index contributed by atoms with van der Waals surface area (Å²) >= 11 is 0. The van der Waals surface area contributed by atoms with Crippen LogP contribution in [0.5, 0.6) is 0 Å². The Morgan fingerprint density at radius 2 is 1.56 bits per heavy atom. The first-order valence-electron chi connectivity index (χ1n) is 3.00. The van der Waals surface area contributed by atoms with Crippen LogP contribution in [0.25, 0.3) is 0 Å². The summed E-state index contributed by atoms with van der Waals surface area (Å²) in [4.78, 5) is 0. The summed E-state index contributed by atoms with van der Waals surface area (Å²) in [5, 5.41) is -1.46. The summed E-state index contributed by atoms with van der Waals surface area (Å²) in [6, 6.07) is 0. The molecule has 0 radical (unpaired) electrons. The largest absolute Gasteiger partial charge is 0.483 e. The molecule has 0 unspecified atom stereocenters. The second-order valence-corrected chi connectivity index (χ2v) is 2.92. The van der Waals surface area contributed by atoms with E-state index in [1.54, 1.807) is 6.92 Å². The van der Waals surface area contributed by atoms with E-state index in [1.807, 2.05) is 0 Å². The van der Waals surface area contributed by atoms with E-state index in [1.165, 1.54) is 13.8 Å². The summed E-state index contributed by atoms with van der Waals surface area (Å²) in [5.74, 6) is 0. The minimum atomic E-state index is -4.65. The molecule has 0 aliphatic heterocycles. The van der Waals surface area contributed by atoms with E-state index in [4.69, 9.17) is 0 Å². The van der Waals surface area contributed by atoms with Crippen LogP contribution >= 0.6 is 0 Å². The normalized spacial score (nSPS) is 14.0. The standard InChI is InChI=1S/C5H11BF3/c1-4-5(2,3)6(7,8)9/h4H2,1-3H3/q-1. The van der Waals surface area contributed by atoms with E-state index in [2.05, 4.69) is 0 Å². The van der Waals surface area contributed by atoms with Crippen LogP contribution in [0.3, 0.4) is 0 Å². The van der Waals surface area contributed by atoms with E-state index < -0.39 is 12.3 Å². The van der Waals surface area contributed by atoms with E-state index in [0.717, 1.165) is 0 Å². The number of hydrogen-bond acceptors (Lipinski definition) is 0. The lowest BCUT2D eigenvalue weighted by Gasteiger charge is -2.33. The summed E-state index contributed by atoms with van der Waals surface area (Å²) < 4.78 is 35.7. The minimum absolute atomic E-state index is 0.163. The molecule has 0 aromatic heterocycles. The zero-order chi connectivity index (χ0) is 7.71. The van der Waals surface area contributed by atoms with Gasteiger partial charge in [0.05, 0.1) is 0 Å².